The summed E-state index contributed by atoms with van der Waals surface area (Å²) in [6, 6.07) is 0. The minimum Gasteiger partial charge on any atom is -0.456 e. The number of quaternary nitrogens is 1. The van der Waals surface area contributed by atoms with Crippen molar-refractivity contribution in [3.05, 3.63) is 36.5 Å². The molecule has 0 aromatic heterocycles. The second-order valence-corrected chi connectivity index (χ2v) is 11.4. The highest BCUT2D eigenvalue weighted by Gasteiger charge is 2.34. The Bertz CT molecular complexity index is 619. The van der Waals surface area contributed by atoms with Crippen molar-refractivity contribution in [2.75, 3.05) is 33.8 Å². The lowest BCUT2D eigenvalue weighted by atomic mass is 9.76. The van der Waals surface area contributed by atoms with Gasteiger partial charge in [0.05, 0.1) is 20.6 Å². The quantitative estimate of drug-likeness (QED) is 0.0720. The molecule has 3 heteroatoms. The van der Waals surface area contributed by atoms with E-state index in [0.717, 1.165) is 24.0 Å². The number of carbonyl (C=O) groups is 1. The Morgan fingerprint density at radius 2 is 1.41 bits per heavy atom. The van der Waals surface area contributed by atoms with Crippen molar-refractivity contribution >= 4 is 5.97 Å². The average molecular weight is 475 g/mol. The van der Waals surface area contributed by atoms with E-state index in [0.29, 0.717) is 12.2 Å². The largest absolute Gasteiger partial charge is 0.456 e. The third kappa shape index (κ3) is 14.8. The number of unbranched alkanes of at least 4 members (excludes halogenated alkanes) is 13. The second kappa shape index (κ2) is 18.0. The van der Waals surface area contributed by atoms with Gasteiger partial charge in [-0.25, -0.2) is 4.79 Å². The van der Waals surface area contributed by atoms with Gasteiger partial charge >= 0.3 is 5.97 Å². The van der Waals surface area contributed by atoms with Gasteiger partial charge in [-0.3, -0.25) is 0 Å². The van der Waals surface area contributed by atoms with E-state index in [4.69, 9.17) is 4.74 Å². The van der Waals surface area contributed by atoms with Crippen molar-refractivity contribution in [1.29, 1.82) is 0 Å². The van der Waals surface area contributed by atoms with Crippen LogP contribution in [0.25, 0.3) is 0 Å². The summed E-state index contributed by atoms with van der Waals surface area (Å²) in [5, 5.41) is 0. The molecular weight excluding hydrogens is 418 g/mol. The summed E-state index contributed by atoms with van der Waals surface area (Å²) in [5.74, 6) is -0.280. The Morgan fingerprint density at radius 1 is 0.882 bits per heavy atom. The number of hydrogen-bond acceptors (Lipinski definition) is 2. The first-order valence-corrected chi connectivity index (χ1v) is 14.3. The highest BCUT2D eigenvalue weighted by Crippen LogP contribution is 2.36. The average Bonchev–Trinajstić information content (AvgIpc) is 2.79. The molecule has 0 aromatic carbocycles. The van der Waals surface area contributed by atoms with Gasteiger partial charge in [0.15, 0.2) is 0 Å². The van der Waals surface area contributed by atoms with E-state index in [2.05, 4.69) is 51.9 Å². The maximum Gasteiger partial charge on any atom is 0.333 e. The number of hydrogen-bond donors (Lipinski definition) is 0. The number of allylic oxidation sites excluding steroid dienone is 3. The van der Waals surface area contributed by atoms with Crippen LogP contribution in [-0.4, -0.2) is 44.2 Å². The van der Waals surface area contributed by atoms with Crippen molar-refractivity contribution in [3.63, 3.8) is 0 Å². The van der Waals surface area contributed by atoms with Crippen LogP contribution in [0.5, 0.6) is 0 Å². The molecule has 0 saturated carbocycles. The van der Waals surface area contributed by atoms with E-state index < -0.39 is 0 Å². The Morgan fingerprint density at radius 3 is 1.88 bits per heavy atom. The Kier molecular flexibility index (Phi) is 16.2. The SMILES string of the molecule is C=C(C)C(=O)OCC[N+](C)(C)CC1(CCCCCCCCCCCCCCCC)C=CC=CC1. The summed E-state index contributed by atoms with van der Waals surface area (Å²) in [4.78, 5) is 11.7. The number of likely N-dealkylation sites (N-methyl/N-ethyl adjacent to an activating group) is 1. The topological polar surface area (TPSA) is 26.3 Å². The molecule has 0 saturated heterocycles. The minimum absolute atomic E-state index is 0.230. The molecule has 0 radical (unpaired) electrons. The predicted octanol–water partition coefficient (Wildman–Crippen LogP) is 8.56. The van der Waals surface area contributed by atoms with Gasteiger partial charge in [0, 0.05) is 11.0 Å². The lowest BCUT2D eigenvalue weighted by Crippen LogP contribution is -2.49. The van der Waals surface area contributed by atoms with E-state index >= 15 is 0 Å². The molecule has 1 atom stereocenters. The molecule has 1 unspecified atom stereocenters. The molecule has 0 spiro atoms. The lowest BCUT2D eigenvalue weighted by molar-refractivity contribution is -0.896. The minimum atomic E-state index is -0.280. The van der Waals surface area contributed by atoms with E-state index in [-0.39, 0.29) is 11.4 Å². The van der Waals surface area contributed by atoms with Crippen LogP contribution in [0.2, 0.25) is 0 Å². The van der Waals surface area contributed by atoms with Crippen LogP contribution in [0.15, 0.2) is 36.5 Å². The van der Waals surface area contributed by atoms with Gasteiger partial charge in [0.1, 0.15) is 13.2 Å². The molecule has 1 rings (SSSR count). The molecule has 196 valence electrons. The van der Waals surface area contributed by atoms with Crippen LogP contribution in [0.1, 0.15) is 117 Å². The third-order valence-corrected chi connectivity index (χ3v) is 7.27. The van der Waals surface area contributed by atoms with E-state index in [1.54, 1.807) is 6.92 Å². The summed E-state index contributed by atoms with van der Waals surface area (Å²) in [7, 11) is 4.52. The first-order chi connectivity index (χ1) is 16.3. The Balaban J connectivity index is 2.20. The maximum atomic E-state index is 11.7. The number of ether oxygens (including phenoxy) is 1. The fourth-order valence-electron chi connectivity index (χ4n) is 5.20. The summed E-state index contributed by atoms with van der Waals surface area (Å²) < 4.78 is 6.22. The van der Waals surface area contributed by atoms with Gasteiger partial charge in [-0.15, -0.1) is 0 Å². The fourth-order valence-corrected chi connectivity index (χ4v) is 5.20. The number of rotatable bonds is 21. The first-order valence-electron chi connectivity index (χ1n) is 14.3. The van der Waals surface area contributed by atoms with Gasteiger partial charge in [-0.05, 0) is 19.8 Å². The van der Waals surface area contributed by atoms with Gasteiger partial charge in [0.2, 0.25) is 0 Å². The summed E-state index contributed by atoms with van der Waals surface area (Å²) >= 11 is 0. The standard InChI is InChI=1S/C31H56NO2/c1-6-7-8-9-10-11-12-13-14-15-16-17-18-20-23-31(24-21-19-22-25-31)28-32(4,5)26-27-34-30(33)29(2)3/h19,21-22,24H,2,6-18,20,23,25-28H2,1,3-5H3/q+1. The van der Waals surface area contributed by atoms with Crippen molar-refractivity contribution < 1.29 is 14.0 Å². The molecule has 0 N–H and O–H groups in total. The van der Waals surface area contributed by atoms with Crippen LogP contribution in [0.4, 0.5) is 0 Å². The molecular formula is C31H56NO2+. The zero-order valence-electron chi connectivity index (χ0n) is 23.2. The van der Waals surface area contributed by atoms with Crippen LogP contribution >= 0.6 is 0 Å². The number of carbonyl (C=O) groups excluding carboxylic acids is 1. The van der Waals surface area contributed by atoms with Gasteiger partial charge in [-0.1, -0.05) is 128 Å². The maximum absolute atomic E-state index is 11.7. The van der Waals surface area contributed by atoms with Gasteiger partial charge in [-0.2, -0.15) is 0 Å². The highest BCUT2D eigenvalue weighted by atomic mass is 16.5. The normalized spacial score (nSPS) is 17.8. The Labute approximate surface area is 212 Å². The molecule has 0 fully saturated rings. The summed E-state index contributed by atoms with van der Waals surface area (Å²) in [6.45, 7) is 10.0. The van der Waals surface area contributed by atoms with Gasteiger partial charge in [0.25, 0.3) is 0 Å². The highest BCUT2D eigenvalue weighted by molar-refractivity contribution is 5.86. The first kappa shape index (κ1) is 30.7. The van der Waals surface area contributed by atoms with Gasteiger partial charge < -0.3 is 9.22 Å². The van der Waals surface area contributed by atoms with Crippen LogP contribution in [0.3, 0.4) is 0 Å². The number of nitrogens with zero attached hydrogens (tertiary/aromatic N) is 1. The molecule has 0 heterocycles. The summed E-state index contributed by atoms with van der Waals surface area (Å²) in [6.07, 6.45) is 31.2. The fraction of sp³-hybridized carbons (Fsp3) is 0.774. The monoisotopic (exact) mass is 474 g/mol. The zero-order valence-corrected chi connectivity index (χ0v) is 23.2. The predicted molar refractivity (Wildman–Crippen MR) is 148 cm³/mol. The third-order valence-electron chi connectivity index (χ3n) is 7.27. The lowest BCUT2D eigenvalue weighted by Gasteiger charge is -2.40. The molecule has 0 bridgehead atoms. The van der Waals surface area contributed by atoms with Crippen LogP contribution in [0, 0.1) is 5.41 Å². The Hall–Kier alpha value is -1.35. The molecule has 0 aromatic rings. The molecule has 0 amide bonds. The van der Waals surface area contributed by atoms with Crippen LogP contribution in [-0.2, 0) is 9.53 Å². The number of esters is 1. The molecule has 1 aliphatic carbocycles. The van der Waals surface area contributed by atoms with Crippen molar-refractivity contribution in [3.8, 4) is 0 Å². The molecule has 0 aliphatic heterocycles. The zero-order chi connectivity index (χ0) is 25.1. The molecule has 34 heavy (non-hydrogen) atoms. The van der Waals surface area contributed by atoms with E-state index in [9.17, 15) is 4.79 Å². The van der Waals surface area contributed by atoms with Crippen LogP contribution < -0.4 is 0 Å². The van der Waals surface area contributed by atoms with Crippen molar-refractivity contribution in [2.24, 2.45) is 5.41 Å². The second-order valence-electron chi connectivity index (χ2n) is 11.4. The molecule has 1 aliphatic rings. The molecule has 3 nitrogen and oxygen atoms in total. The van der Waals surface area contributed by atoms with E-state index in [1.807, 2.05) is 0 Å². The summed E-state index contributed by atoms with van der Waals surface area (Å²) in [5.41, 5.74) is 0.702. The smallest absolute Gasteiger partial charge is 0.333 e. The van der Waals surface area contributed by atoms with Crippen molar-refractivity contribution in [2.45, 2.75) is 117 Å². The van der Waals surface area contributed by atoms with E-state index in [1.165, 1.54) is 96.3 Å². The van der Waals surface area contributed by atoms with Crippen molar-refractivity contribution in [1.82, 2.24) is 0 Å².